The molecule has 0 bridgehead atoms. The van der Waals surface area contributed by atoms with Gasteiger partial charge in [-0.3, -0.25) is 4.57 Å². The van der Waals surface area contributed by atoms with Gasteiger partial charge in [0.2, 0.25) is 0 Å². The number of aromatic nitrogens is 5. The number of benzene rings is 6. The van der Waals surface area contributed by atoms with Gasteiger partial charge in [0.05, 0.1) is 27.8 Å². The smallest absolute Gasteiger partial charge is 0.160 e. The van der Waals surface area contributed by atoms with Gasteiger partial charge in [-0.2, -0.15) is 0 Å². The Morgan fingerprint density at radius 3 is 1.81 bits per heavy atom. The van der Waals surface area contributed by atoms with Gasteiger partial charge in [0.1, 0.15) is 5.65 Å². The fraction of sp³-hybridized carbons (Fsp3) is 0. The van der Waals surface area contributed by atoms with Gasteiger partial charge in [0, 0.05) is 55.6 Å². The van der Waals surface area contributed by atoms with Crippen LogP contribution in [0.2, 0.25) is 0 Å². The Bertz CT molecular complexity index is 2770. The van der Waals surface area contributed by atoms with E-state index in [1.807, 2.05) is 18.3 Å². The van der Waals surface area contributed by atoms with Gasteiger partial charge >= 0.3 is 0 Å². The predicted octanol–water partition coefficient (Wildman–Crippen LogP) is 10.6. The van der Waals surface area contributed by atoms with Gasteiger partial charge in [-0.15, -0.1) is 0 Å². The third kappa shape index (κ3) is 4.01. The summed E-state index contributed by atoms with van der Waals surface area (Å²) in [6.07, 6.45) is 1.86. The predicted molar refractivity (Wildman–Crippen MR) is 197 cm³/mol. The SMILES string of the molecule is c1ccc(-n2c3ccccc3c3cc(-c4nc(-c5ccc(-n6c7ccccc7c7cccnc76)cc5)c5ccccc5n4)ccc32)cc1. The zero-order valence-electron chi connectivity index (χ0n) is 25.8. The standard InChI is InChI=1S/C43H27N5/c1-2-11-30(12-3-1)47-38-18-8-6-14-33(38)36-27-29(22-25-40(36)47)42-45-37-17-7-4-15-35(37)41(46-42)28-20-23-31(24-21-28)48-39-19-9-5-13-32(39)34-16-10-26-44-43(34)48/h1-27H. The van der Waals surface area contributed by atoms with Crippen molar-refractivity contribution in [3.63, 3.8) is 0 Å². The maximum atomic E-state index is 5.25. The van der Waals surface area contributed by atoms with E-state index in [-0.39, 0.29) is 0 Å². The molecule has 224 valence electrons. The molecule has 0 spiro atoms. The number of pyridine rings is 1. The molecule has 4 aromatic heterocycles. The molecule has 0 unspecified atom stereocenters. The van der Waals surface area contributed by atoms with Crippen LogP contribution in [0.5, 0.6) is 0 Å². The Kier molecular flexibility index (Phi) is 5.81. The Hall–Kier alpha value is -6.59. The van der Waals surface area contributed by atoms with Crippen molar-refractivity contribution in [1.82, 2.24) is 24.1 Å². The topological polar surface area (TPSA) is 48.5 Å². The van der Waals surface area contributed by atoms with Crippen LogP contribution >= 0.6 is 0 Å². The largest absolute Gasteiger partial charge is 0.309 e. The van der Waals surface area contributed by atoms with Crippen LogP contribution in [0.4, 0.5) is 0 Å². The number of fused-ring (bicyclic) bond motifs is 7. The molecule has 0 N–H and O–H groups in total. The van der Waals surface area contributed by atoms with E-state index in [1.165, 1.54) is 21.7 Å². The minimum Gasteiger partial charge on any atom is -0.309 e. The molecule has 4 heterocycles. The summed E-state index contributed by atoms with van der Waals surface area (Å²) in [4.78, 5) is 15.1. The molecule has 5 heteroatoms. The molecular formula is C43H27N5. The minimum absolute atomic E-state index is 0.706. The van der Waals surface area contributed by atoms with E-state index in [0.29, 0.717) is 5.82 Å². The first-order chi connectivity index (χ1) is 23.8. The molecule has 6 aromatic carbocycles. The Labute approximate surface area is 276 Å². The van der Waals surface area contributed by atoms with E-state index >= 15 is 0 Å². The summed E-state index contributed by atoms with van der Waals surface area (Å²) in [5.74, 6) is 0.706. The lowest BCUT2D eigenvalue weighted by Gasteiger charge is -2.12. The van der Waals surface area contributed by atoms with Crippen molar-refractivity contribution in [1.29, 1.82) is 0 Å². The summed E-state index contributed by atoms with van der Waals surface area (Å²) in [5.41, 5.74) is 10.5. The van der Waals surface area contributed by atoms with Crippen molar-refractivity contribution in [2.75, 3.05) is 0 Å². The van der Waals surface area contributed by atoms with Crippen molar-refractivity contribution in [2.24, 2.45) is 0 Å². The van der Waals surface area contributed by atoms with Gasteiger partial charge < -0.3 is 4.57 Å². The molecule has 0 atom stereocenters. The normalized spacial score (nSPS) is 11.8. The van der Waals surface area contributed by atoms with Crippen molar-refractivity contribution in [3.05, 3.63) is 164 Å². The average molecular weight is 614 g/mol. The summed E-state index contributed by atoms with van der Waals surface area (Å²) in [5, 5.41) is 5.74. The molecule has 0 aliphatic rings. The summed E-state index contributed by atoms with van der Waals surface area (Å²) in [7, 11) is 0. The van der Waals surface area contributed by atoms with Crippen LogP contribution in [-0.4, -0.2) is 24.1 Å². The number of hydrogen-bond acceptors (Lipinski definition) is 3. The zero-order valence-corrected chi connectivity index (χ0v) is 25.8. The van der Waals surface area contributed by atoms with E-state index in [0.717, 1.165) is 61.2 Å². The summed E-state index contributed by atoms with van der Waals surface area (Å²) < 4.78 is 4.56. The Morgan fingerprint density at radius 1 is 0.396 bits per heavy atom. The molecule has 48 heavy (non-hydrogen) atoms. The number of nitrogens with zero attached hydrogens (tertiary/aromatic N) is 5. The molecule has 10 aromatic rings. The van der Waals surface area contributed by atoms with Crippen molar-refractivity contribution in [2.45, 2.75) is 0 Å². The highest BCUT2D eigenvalue weighted by atomic mass is 15.0. The monoisotopic (exact) mass is 613 g/mol. The minimum atomic E-state index is 0.706. The molecular weight excluding hydrogens is 587 g/mol. The Morgan fingerprint density at radius 2 is 1.00 bits per heavy atom. The van der Waals surface area contributed by atoms with Crippen molar-refractivity contribution in [3.8, 4) is 34.0 Å². The van der Waals surface area contributed by atoms with Crippen molar-refractivity contribution < 1.29 is 0 Å². The summed E-state index contributed by atoms with van der Waals surface area (Å²) in [6, 6.07) is 55.2. The first kappa shape index (κ1) is 26.6. The van der Waals surface area contributed by atoms with E-state index < -0.39 is 0 Å². The lowest BCUT2D eigenvalue weighted by molar-refractivity contribution is 1.13. The number of para-hydroxylation sites is 4. The summed E-state index contributed by atoms with van der Waals surface area (Å²) >= 11 is 0. The molecule has 10 rings (SSSR count). The Balaban J connectivity index is 1.13. The molecule has 0 fully saturated rings. The molecule has 0 aliphatic carbocycles. The molecule has 0 saturated carbocycles. The first-order valence-electron chi connectivity index (χ1n) is 16.1. The highest BCUT2D eigenvalue weighted by molar-refractivity contribution is 6.11. The van der Waals surface area contributed by atoms with E-state index in [9.17, 15) is 0 Å². The highest BCUT2D eigenvalue weighted by Crippen LogP contribution is 2.36. The molecule has 5 nitrogen and oxygen atoms in total. The zero-order chi connectivity index (χ0) is 31.6. The highest BCUT2D eigenvalue weighted by Gasteiger charge is 2.17. The van der Waals surface area contributed by atoms with E-state index in [4.69, 9.17) is 15.0 Å². The quantitative estimate of drug-likeness (QED) is 0.198. The van der Waals surface area contributed by atoms with Gasteiger partial charge in [0.15, 0.2) is 5.82 Å². The van der Waals surface area contributed by atoms with Gasteiger partial charge in [0.25, 0.3) is 0 Å². The third-order valence-corrected chi connectivity index (χ3v) is 9.38. The second-order valence-corrected chi connectivity index (χ2v) is 12.1. The fourth-order valence-electron chi connectivity index (χ4n) is 7.22. The lowest BCUT2D eigenvalue weighted by atomic mass is 10.0. The number of hydrogen-bond donors (Lipinski definition) is 0. The molecule has 0 saturated heterocycles. The van der Waals surface area contributed by atoms with Crippen LogP contribution < -0.4 is 0 Å². The van der Waals surface area contributed by atoms with Crippen LogP contribution in [0.15, 0.2) is 164 Å². The van der Waals surface area contributed by atoms with Crippen LogP contribution in [0.1, 0.15) is 0 Å². The van der Waals surface area contributed by atoms with Crippen LogP contribution in [0, 0.1) is 0 Å². The van der Waals surface area contributed by atoms with E-state index in [1.54, 1.807) is 0 Å². The van der Waals surface area contributed by atoms with Gasteiger partial charge in [-0.05, 0) is 72.8 Å². The maximum Gasteiger partial charge on any atom is 0.160 e. The number of rotatable bonds is 4. The average Bonchev–Trinajstić information content (AvgIpc) is 3.67. The van der Waals surface area contributed by atoms with Crippen LogP contribution in [-0.2, 0) is 0 Å². The summed E-state index contributed by atoms with van der Waals surface area (Å²) in [6.45, 7) is 0. The molecule has 0 radical (unpaired) electrons. The molecule has 0 aliphatic heterocycles. The fourth-order valence-corrected chi connectivity index (χ4v) is 7.22. The maximum absolute atomic E-state index is 5.25. The van der Waals surface area contributed by atoms with Crippen LogP contribution in [0.3, 0.4) is 0 Å². The van der Waals surface area contributed by atoms with Crippen LogP contribution in [0.25, 0.3) is 88.7 Å². The lowest BCUT2D eigenvalue weighted by Crippen LogP contribution is -1.97. The van der Waals surface area contributed by atoms with Gasteiger partial charge in [-0.25, -0.2) is 15.0 Å². The first-order valence-corrected chi connectivity index (χ1v) is 16.1. The third-order valence-electron chi connectivity index (χ3n) is 9.38. The van der Waals surface area contributed by atoms with Gasteiger partial charge in [-0.1, -0.05) is 84.9 Å². The second kappa shape index (κ2) is 10.5. The van der Waals surface area contributed by atoms with E-state index in [2.05, 4.69) is 155 Å². The van der Waals surface area contributed by atoms with Crippen molar-refractivity contribution >= 4 is 54.6 Å². The second-order valence-electron chi connectivity index (χ2n) is 12.1. The molecule has 0 amide bonds.